The number of pyridine rings is 1. The average molecular weight is 449 g/mol. The van der Waals surface area contributed by atoms with Crippen LogP contribution >= 0.6 is 0 Å². The Hall–Kier alpha value is -3.27. The Morgan fingerprint density at radius 2 is 1.97 bits per heavy atom. The zero-order valence-electron chi connectivity index (χ0n) is 16.8. The summed E-state index contributed by atoms with van der Waals surface area (Å²) in [5, 5.41) is 16.6. The average Bonchev–Trinajstić information content (AvgIpc) is 2.75. The molecule has 0 amide bonds. The number of nitroso groups, excluding NO2 is 1. The summed E-state index contributed by atoms with van der Waals surface area (Å²) in [4.78, 5) is 25.5. The van der Waals surface area contributed by atoms with Gasteiger partial charge in [0.15, 0.2) is 5.60 Å². The molecule has 32 heavy (non-hydrogen) atoms. The van der Waals surface area contributed by atoms with E-state index < -0.39 is 41.5 Å². The first-order chi connectivity index (χ1) is 15.1. The molecule has 3 N–H and O–H groups in total. The van der Waals surface area contributed by atoms with Crippen LogP contribution in [0.1, 0.15) is 42.9 Å². The Morgan fingerprint density at radius 3 is 2.62 bits per heavy atom. The van der Waals surface area contributed by atoms with E-state index in [9.17, 15) is 32.4 Å². The summed E-state index contributed by atoms with van der Waals surface area (Å²) in [6, 6.07) is 7.02. The van der Waals surface area contributed by atoms with E-state index in [1.165, 1.54) is 30.3 Å². The summed E-state index contributed by atoms with van der Waals surface area (Å²) >= 11 is 0. The van der Waals surface area contributed by atoms with Gasteiger partial charge in [-0.15, -0.1) is 4.91 Å². The number of anilines is 1. The van der Waals surface area contributed by atoms with E-state index in [2.05, 4.69) is 15.5 Å². The number of fused-ring (bicyclic) bond motifs is 2. The van der Waals surface area contributed by atoms with E-state index in [0.717, 1.165) is 12.1 Å². The molecule has 10 heteroatoms. The fourth-order valence-electron chi connectivity index (χ4n) is 4.52. The van der Waals surface area contributed by atoms with Gasteiger partial charge in [0.25, 0.3) is 0 Å². The van der Waals surface area contributed by atoms with Crippen LogP contribution in [-0.4, -0.2) is 21.9 Å². The molecule has 2 aromatic carbocycles. The molecule has 1 aliphatic carbocycles. The second-order valence-corrected chi connectivity index (χ2v) is 7.89. The largest absolute Gasteiger partial charge is 0.419 e. The summed E-state index contributed by atoms with van der Waals surface area (Å²) < 4.78 is 57.4. The standard InChI is InChI=1S/C22H19F4N3O3/c1-2-11-10-21(31,22(24,25)26)20(13-4-3-5-16(29-32)18(11)13)28-19-12-6-9-17(30)27-15(12)8-7-14(19)23/h3-9,11,20,28,31H,2,10H2,1H3,(H,27,30)/t11?,20?,21-/m1/s1. The molecule has 0 fully saturated rings. The van der Waals surface area contributed by atoms with Crippen LogP contribution in [0, 0.1) is 10.7 Å². The van der Waals surface area contributed by atoms with Gasteiger partial charge in [0.05, 0.1) is 17.2 Å². The van der Waals surface area contributed by atoms with E-state index in [1.807, 2.05) is 0 Å². The van der Waals surface area contributed by atoms with Gasteiger partial charge >= 0.3 is 6.18 Å². The minimum Gasteiger partial charge on any atom is -0.379 e. The molecule has 4 rings (SSSR count). The number of benzene rings is 2. The molecule has 0 bridgehead atoms. The summed E-state index contributed by atoms with van der Waals surface area (Å²) in [5.74, 6) is -1.64. The quantitative estimate of drug-likeness (QED) is 0.367. The third kappa shape index (κ3) is 3.35. The van der Waals surface area contributed by atoms with Crippen molar-refractivity contribution in [1.29, 1.82) is 0 Å². The molecule has 3 aromatic rings. The number of rotatable bonds is 4. The predicted molar refractivity (Wildman–Crippen MR) is 111 cm³/mol. The molecule has 6 nitrogen and oxygen atoms in total. The second kappa shape index (κ2) is 7.70. The molecule has 0 saturated carbocycles. The zero-order chi connectivity index (χ0) is 23.3. The molecule has 2 unspecified atom stereocenters. The maximum Gasteiger partial charge on any atom is 0.419 e. The first-order valence-electron chi connectivity index (χ1n) is 9.94. The molecule has 1 aromatic heterocycles. The van der Waals surface area contributed by atoms with Gasteiger partial charge in [-0.3, -0.25) is 4.79 Å². The van der Waals surface area contributed by atoms with Crippen molar-refractivity contribution < 1.29 is 22.7 Å². The number of aliphatic hydroxyl groups is 1. The van der Waals surface area contributed by atoms with E-state index in [0.29, 0.717) is 5.56 Å². The van der Waals surface area contributed by atoms with Crippen LogP contribution in [0.5, 0.6) is 0 Å². The number of hydrogen-bond donors (Lipinski definition) is 3. The van der Waals surface area contributed by atoms with Crippen LogP contribution in [0.4, 0.5) is 28.9 Å². The van der Waals surface area contributed by atoms with Crippen molar-refractivity contribution in [2.24, 2.45) is 5.18 Å². The molecule has 0 spiro atoms. The van der Waals surface area contributed by atoms with Gasteiger partial charge in [0.2, 0.25) is 5.56 Å². The number of aromatic nitrogens is 1. The molecule has 0 aliphatic heterocycles. The Kier molecular flexibility index (Phi) is 5.28. The smallest absolute Gasteiger partial charge is 0.379 e. The van der Waals surface area contributed by atoms with Crippen molar-refractivity contribution in [3.05, 3.63) is 74.7 Å². The highest BCUT2D eigenvalue weighted by atomic mass is 19.4. The van der Waals surface area contributed by atoms with Gasteiger partial charge in [-0.2, -0.15) is 13.2 Å². The fourth-order valence-corrected chi connectivity index (χ4v) is 4.52. The number of halogens is 4. The Balaban J connectivity index is 1.97. The lowest BCUT2D eigenvalue weighted by Crippen LogP contribution is -2.55. The number of aromatic amines is 1. The molecule has 168 valence electrons. The lowest BCUT2D eigenvalue weighted by Gasteiger charge is -2.46. The first-order valence-corrected chi connectivity index (χ1v) is 9.94. The van der Waals surface area contributed by atoms with E-state index in [-0.39, 0.29) is 34.3 Å². The highest BCUT2D eigenvalue weighted by Crippen LogP contribution is 2.55. The van der Waals surface area contributed by atoms with Crippen molar-refractivity contribution >= 4 is 22.3 Å². The van der Waals surface area contributed by atoms with Crippen molar-refractivity contribution in [2.75, 3.05) is 5.32 Å². The number of hydrogen-bond acceptors (Lipinski definition) is 5. The van der Waals surface area contributed by atoms with Crippen molar-refractivity contribution in [2.45, 2.75) is 43.5 Å². The summed E-state index contributed by atoms with van der Waals surface area (Å²) in [7, 11) is 0. The molecular formula is C22H19F4N3O3. The first kappa shape index (κ1) is 21.9. The summed E-state index contributed by atoms with van der Waals surface area (Å²) in [5.41, 5.74) is -3.52. The van der Waals surface area contributed by atoms with Gasteiger partial charge in [-0.05, 0) is 59.3 Å². The number of alkyl halides is 3. The Bertz CT molecular complexity index is 1260. The SMILES string of the molecule is CCC1C[C@](O)(C(F)(F)F)C(Nc2c(F)ccc3[nH]c(=O)ccc23)c2cccc(N=O)c21. The van der Waals surface area contributed by atoms with Crippen LogP contribution in [0.15, 0.2) is 52.4 Å². The molecule has 1 aliphatic rings. The molecule has 1 heterocycles. The van der Waals surface area contributed by atoms with Crippen molar-refractivity contribution in [1.82, 2.24) is 4.98 Å². The minimum absolute atomic E-state index is 0.0147. The second-order valence-electron chi connectivity index (χ2n) is 7.89. The van der Waals surface area contributed by atoms with Crippen LogP contribution in [0.2, 0.25) is 0 Å². The summed E-state index contributed by atoms with van der Waals surface area (Å²) in [6.45, 7) is 1.65. The third-order valence-electron chi connectivity index (χ3n) is 6.10. The normalized spacial score (nSPS) is 23.1. The Labute approximate surface area is 179 Å². The topological polar surface area (TPSA) is 94.6 Å². The highest BCUT2D eigenvalue weighted by Gasteiger charge is 2.62. The van der Waals surface area contributed by atoms with Gasteiger partial charge in [-0.1, -0.05) is 19.1 Å². The third-order valence-corrected chi connectivity index (χ3v) is 6.10. The monoisotopic (exact) mass is 449 g/mol. The molecule has 0 radical (unpaired) electrons. The lowest BCUT2D eigenvalue weighted by molar-refractivity contribution is -0.272. The predicted octanol–water partition coefficient (Wildman–Crippen LogP) is 5.41. The minimum atomic E-state index is -5.06. The number of H-pyrrole nitrogens is 1. The molecule has 3 atom stereocenters. The van der Waals surface area contributed by atoms with Gasteiger partial charge < -0.3 is 15.4 Å². The highest BCUT2D eigenvalue weighted by molar-refractivity contribution is 5.91. The van der Waals surface area contributed by atoms with Gasteiger partial charge in [0.1, 0.15) is 11.5 Å². The van der Waals surface area contributed by atoms with E-state index >= 15 is 0 Å². The van der Waals surface area contributed by atoms with Gasteiger partial charge in [0, 0.05) is 11.5 Å². The number of nitrogens with one attached hydrogen (secondary N) is 2. The lowest BCUT2D eigenvalue weighted by atomic mass is 9.69. The van der Waals surface area contributed by atoms with E-state index in [1.54, 1.807) is 6.92 Å². The van der Waals surface area contributed by atoms with E-state index in [4.69, 9.17) is 0 Å². The molecule has 0 saturated heterocycles. The maximum atomic E-state index is 14.8. The van der Waals surface area contributed by atoms with Crippen LogP contribution in [0.3, 0.4) is 0 Å². The molecular weight excluding hydrogens is 430 g/mol. The van der Waals surface area contributed by atoms with Crippen LogP contribution in [0.25, 0.3) is 10.9 Å². The van der Waals surface area contributed by atoms with Gasteiger partial charge in [-0.25, -0.2) is 4.39 Å². The number of nitrogens with zero attached hydrogens (tertiary/aromatic N) is 1. The maximum absolute atomic E-state index is 14.8. The Morgan fingerprint density at radius 1 is 1.22 bits per heavy atom. The van der Waals surface area contributed by atoms with Crippen LogP contribution in [-0.2, 0) is 0 Å². The fraction of sp³-hybridized carbons (Fsp3) is 0.318. The summed E-state index contributed by atoms with van der Waals surface area (Å²) in [6.07, 6.45) is -5.56. The zero-order valence-corrected chi connectivity index (χ0v) is 16.8. The van der Waals surface area contributed by atoms with Crippen molar-refractivity contribution in [3.8, 4) is 0 Å². The van der Waals surface area contributed by atoms with Crippen molar-refractivity contribution in [3.63, 3.8) is 0 Å². The van der Waals surface area contributed by atoms with Crippen LogP contribution < -0.4 is 10.9 Å².